The number of hydrogen-bond donors (Lipinski definition) is 1. The second-order valence-corrected chi connectivity index (χ2v) is 6.03. The molecule has 4 rings (SSSR count). The van der Waals surface area contributed by atoms with Crippen LogP contribution in [0.3, 0.4) is 0 Å². The quantitative estimate of drug-likeness (QED) is 0.932. The van der Waals surface area contributed by atoms with Crippen LogP contribution in [-0.2, 0) is 0 Å². The van der Waals surface area contributed by atoms with Crippen LogP contribution >= 0.6 is 15.9 Å². The van der Waals surface area contributed by atoms with Crippen LogP contribution < -0.4 is 10.1 Å². The van der Waals surface area contributed by atoms with E-state index >= 15 is 0 Å². The predicted molar refractivity (Wildman–Crippen MR) is 68.2 cm³/mol. The summed E-state index contributed by atoms with van der Waals surface area (Å²) in [4.78, 5) is 12.2. The van der Waals surface area contributed by atoms with Crippen molar-refractivity contribution in [2.24, 2.45) is 5.92 Å². The molecule has 3 fully saturated rings. The molecule has 3 saturated carbocycles. The van der Waals surface area contributed by atoms with E-state index in [-0.39, 0.29) is 17.2 Å². The zero-order chi connectivity index (χ0) is 12.9. The molecule has 1 aromatic rings. The third kappa shape index (κ3) is 1.72. The summed E-state index contributed by atoms with van der Waals surface area (Å²) in [5.41, 5.74) is 0.431. The minimum atomic E-state index is -0.480. The van der Waals surface area contributed by atoms with Gasteiger partial charge in [0.15, 0.2) is 11.6 Å². The molecule has 0 aliphatic heterocycles. The Hall–Kier alpha value is -1.10. The van der Waals surface area contributed by atoms with E-state index in [1.165, 1.54) is 19.2 Å². The first kappa shape index (κ1) is 12.0. The standard InChI is InChI=1S/C13H13BrFNO2/c1-18-11-2-8(9(14)3-10(11)15)12(17)16-13-4-7(5-13)6-13/h2-3,7H,4-6H2,1H3,(H,16,17). The maximum atomic E-state index is 13.4. The lowest BCUT2D eigenvalue weighted by atomic mass is 9.50. The fraction of sp³-hybridized carbons (Fsp3) is 0.462. The SMILES string of the molecule is COc1cc(C(=O)NC23CC(C2)C3)c(Br)cc1F. The molecule has 18 heavy (non-hydrogen) atoms. The van der Waals surface area contributed by atoms with Gasteiger partial charge in [-0.2, -0.15) is 0 Å². The Morgan fingerprint density at radius 2 is 2.17 bits per heavy atom. The van der Waals surface area contributed by atoms with Gasteiger partial charge in [0.05, 0.1) is 12.7 Å². The van der Waals surface area contributed by atoms with E-state index in [1.54, 1.807) is 0 Å². The molecule has 1 N–H and O–H groups in total. The van der Waals surface area contributed by atoms with Crippen LogP contribution in [0, 0.1) is 11.7 Å². The van der Waals surface area contributed by atoms with Crippen molar-refractivity contribution < 1.29 is 13.9 Å². The van der Waals surface area contributed by atoms with Crippen molar-refractivity contribution in [2.45, 2.75) is 24.8 Å². The highest BCUT2D eigenvalue weighted by Crippen LogP contribution is 2.57. The highest BCUT2D eigenvalue weighted by atomic mass is 79.9. The summed E-state index contributed by atoms with van der Waals surface area (Å²) in [6.07, 6.45) is 3.23. The van der Waals surface area contributed by atoms with Gasteiger partial charge >= 0.3 is 0 Å². The number of amides is 1. The number of halogens is 2. The number of carbonyl (C=O) groups excluding carboxylic acids is 1. The van der Waals surface area contributed by atoms with Gasteiger partial charge in [0, 0.05) is 10.0 Å². The highest BCUT2D eigenvalue weighted by molar-refractivity contribution is 9.10. The zero-order valence-electron chi connectivity index (χ0n) is 9.93. The first-order valence-corrected chi connectivity index (χ1v) is 6.68. The lowest BCUT2D eigenvalue weighted by Gasteiger charge is -2.61. The second-order valence-electron chi connectivity index (χ2n) is 5.18. The molecule has 1 amide bonds. The first-order valence-electron chi connectivity index (χ1n) is 5.88. The van der Waals surface area contributed by atoms with Crippen molar-refractivity contribution in [3.05, 3.63) is 28.0 Å². The number of methoxy groups -OCH3 is 1. The number of hydrogen-bond acceptors (Lipinski definition) is 2. The van der Waals surface area contributed by atoms with Gasteiger partial charge in [-0.1, -0.05) is 0 Å². The molecule has 0 spiro atoms. The summed E-state index contributed by atoms with van der Waals surface area (Å²) in [7, 11) is 1.38. The van der Waals surface area contributed by atoms with Crippen LogP contribution in [0.25, 0.3) is 0 Å². The van der Waals surface area contributed by atoms with Gasteiger partial charge in [-0.25, -0.2) is 4.39 Å². The van der Waals surface area contributed by atoms with E-state index in [9.17, 15) is 9.18 Å². The first-order chi connectivity index (χ1) is 8.53. The maximum absolute atomic E-state index is 13.4. The van der Waals surface area contributed by atoms with E-state index in [4.69, 9.17) is 4.74 Å². The van der Waals surface area contributed by atoms with Crippen molar-refractivity contribution in [2.75, 3.05) is 7.11 Å². The van der Waals surface area contributed by atoms with E-state index in [0.29, 0.717) is 10.0 Å². The van der Waals surface area contributed by atoms with E-state index < -0.39 is 5.82 Å². The molecule has 3 nitrogen and oxygen atoms in total. The van der Waals surface area contributed by atoms with E-state index in [2.05, 4.69) is 21.2 Å². The van der Waals surface area contributed by atoms with E-state index in [1.807, 2.05) is 0 Å². The van der Waals surface area contributed by atoms with Crippen molar-refractivity contribution >= 4 is 21.8 Å². The van der Waals surface area contributed by atoms with Crippen molar-refractivity contribution in [3.8, 4) is 5.75 Å². The largest absolute Gasteiger partial charge is 0.494 e. The molecule has 0 heterocycles. The molecular weight excluding hydrogens is 301 g/mol. The van der Waals surface area contributed by atoms with E-state index in [0.717, 1.165) is 25.2 Å². The summed E-state index contributed by atoms with van der Waals surface area (Å²) in [6.45, 7) is 0. The molecule has 0 unspecified atom stereocenters. The van der Waals surface area contributed by atoms with Crippen LogP contribution in [0.4, 0.5) is 4.39 Å². The fourth-order valence-electron chi connectivity index (χ4n) is 2.80. The fourth-order valence-corrected chi connectivity index (χ4v) is 3.29. The Kier molecular flexibility index (Phi) is 2.62. The van der Waals surface area contributed by atoms with Gasteiger partial charge in [0.25, 0.3) is 5.91 Å². The van der Waals surface area contributed by atoms with Gasteiger partial charge in [-0.15, -0.1) is 0 Å². The summed E-state index contributed by atoms with van der Waals surface area (Å²) >= 11 is 3.21. The molecule has 0 aromatic heterocycles. The second kappa shape index (κ2) is 3.95. The Morgan fingerprint density at radius 3 is 2.67 bits per heavy atom. The minimum Gasteiger partial charge on any atom is -0.494 e. The van der Waals surface area contributed by atoms with Crippen LogP contribution in [0.5, 0.6) is 5.75 Å². The normalized spacial score (nSPS) is 28.1. The van der Waals surface area contributed by atoms with Crippen LogP contribution in [0.15, 0.2) is 16.6 Å². The summed E-state index contributed by atoms with van der Waals surface area (Å²) < 4.78 is 18.8. The Balaban J connectivity index is 1.83. The van der Waals surface area contributed by atoms with Gasteiger partial charge in [-0.3, -0.25) is 4.79 Å². The zero-order valence-corrected chi connectivity index (χ0v) is 11.5. The molecule has 1 aromatic carbocycles. The van der Waals surface area contributed by atoms with Crippen LogP contribution in [0.2, 0.25) is 0 Å². The maximum Gasteiger partial charge on any atom is 0.252 e. The number of ether oxygens (including phenoxy) is 1. The average Bonchev–Trinajstić information content (AvgIpc) is 2.21. The molecule has 3 aliphatic rings. The number of benzene rings is 1. The minimum absolute atomic E-state index is 0.0167. The molecule has 0 atom stereocenters. The van der Waals surface area contributed by atoms with Crippen LogP contribution in [-0.4, -0.2) is 18.6 Å². The third-order valence-electron chi connectivity index (χ3n) is 3.90. The molecule has 3 aliphatic carbocycles. The topological polar surface area (TPSA) is 38.3 Å². The monoisotopic (exact) mass is 313 g/mol. The molecule has 5 heteroatoms. The van der Waals surface area contributed by atoms with Gasteiger partial charge in [0.2, 0.25) is 0 Å². The lowest BCUT2D eigenvalue weighted by Crippen LogP contribution is -2.68. The third-order valence-corrected chi connectivity index (χ3v) is 4.56. The average molecular weight is 314 g/mol. The van der Waals surface area contributed by atoms with Gasteiger partial charge in [-0.05, 0) is 53.2 Å². The molecule has 2 bridgehead atoms. The molecule has 0 radical (unpaired) electrons. The van der Waals surface area contributed by atoms with Crippen molar-refractivity contribution in [1.29, 1.82) is 0 Å². The van der Waals surface area contributed by atoms with Crippen LogP contribution in [0.1, 0.15) is 29.6 Å². The Labute approximate surface area is 113 Å². The summed E-state index contributed by atoms with van der Waals surface area (Å²) in [5, 5.41) is 3.04. The lowest BCUT2D eigenvalue weighted by molar-refractivity contribution is -0.0438. The van der Waals surface area contributed by atoms with Crippen molar-refractivity contribution in [1.82, 2.24) is 5.32 Å². The number of rotatable bonds is 3. The molecule has 0 saturated heterocycles. The van der Waals surface area contributed by atoms with Gasteiger partial charge < -0.3 is 10.1 Å². The number of nitrogens with one attached hydrogen (secondary N) is 1. The van der Waals surface area contributed by atoms with Crippen molar-refractivity contribution in [3.63, 3.8) is 0 Å². The number of carbonyl (C=O) groups is 1. The highest BCUT2D eigenvalue weighted by Gasteiger charge is 2.57. The summed E-state index contributed by atoms with van der Waals surface area (Å²) in [6, 6.07) is 2.69. The predicted octanol–water partition coefficient (Wildman–Crippen LogP) is 2.88. The van der Waals surface area contributed by atoms with Gasteiger partial charge in [0.1, 0.15) is 0 Å². The molecule has 96 valence electrons. The molecular formula is C13H13BrFNO2. The summed E-state index contributed by atoms with van der Waals surface area (Å²) in [5.74, 6) is 0.238. The Bertz CT molecular complexity index is 515. The Morgan fingerprint density at radius 1 is 1.50 bits per heavy atom. The smallest absolute Gasteiger partial charge is 0.252 e.